The summed E-state index contributed by atoms with van der Waals surface area (Å²) in [6.45, 7) is 4.66. The van der Waals surface area contributed by atoms with Gasteiger partial charge < -0.3 is 5.73 Å². The fourth-order valence-corrected chi connectivity index (χ4v) is 4.53. The smallest absolute Gasteiger partial charge is 0.242 e. The number of nitrogens with zero attached hydrogens (tertiary/aromatic N) is 2. The van der Waals surface area contributed by atoms with Gasteiger partial charge in [-0.25, -0.2) is 8.42 Å². The predicted molar refractivity (Wildman–Crippen MR) is 88.6 cm³/mol. The summed E-state index contributed by atoms with van der Waals surface area (Å²) < 4.78 is 27.3. The van der Waals surface area contributed by atoms with Gasteiger partial charge in [-0.2, -0.15) is 4.31 Å². The molecule has 0 bridgehead atoms. The van der Waals surface area contributed by atoms with Crippen LogP contribution in [0.4, 0.5) is 5.69 Å². The molecule has 1 aliphatic rings. The normalized spacial score (nSPS) is 20.3. The van der Waals surface area contributed by atoms with Gasteiger partial charge in [0, 0.05) is 29.8 Å². The summed E-state index contributed by atoms with van der Waals surface area (Å²) in [7, 11) is -1.83. The molecule has 0 saturated carbocycles. The lowest BCUT2D eigenvalue weighted by Gasteiger charge is -2.27. The minimum Gasteiger partial charge on any atom is -0.398 e. The van der Waals surface area contributed by atoms with Crippen LogP contribution < -0.4 is 5.73 Å². The molecule has 1 aromatic rings. The van der Waals surface area contributed by atoms with Gasteiger partial charge in [0.15, 0.2) is 0 Å². The molecule has 1 aliphatic heterocycles. The average molecular weight is 376 g/mol. The van der Waals surface area contributed by atoms with E-state index in [-0.39, 0.29) is 4.90 Å². The number of benzene rings is 1. The molecule has 0 amide bonds. The van der Waals surface area contributed by atoms with Crippen molar-refractivity contribution in [2.24, 2.45) is 0 Å². The number of hydrogen-bond donors (Lipinski definition) is 1. The molecule has 1 heterocycles. The minimum absolute atomic E-state index is 0.270. The lowest BCUT2D eigenvalue weighted by molar-refractivity contribution is 0.237. The Morgan fingerprint density at radius 2 is 2.19 bits per heavy atom. The third kappa shape index (κ3) is 3.59. The van der Waals surface area contributed by atoms with Crippen LogP contribution in [0.3, 0.4) is 0 Å². The van der Waals surface area contributed by atoms with Gasteiger partial charge in [-0.3, -0.25) is 4.90 Å². The molecule has 2 rings (SSSR count). The topological polar surface area (TPSA) is 66.6 Å². The first-order chi connectivity index (χ1) is 9.86. The fourth-order valence-electron chi connectivity index (χ4n) is 2.76. The van der Waals surface area contributed by atoms with Gasteiger partial charge in [0.05, 0.1) is 4.90 Å². The van der Waals surface area contributed by atoms with E-state index in [1.165, 1.54) is 4.31 Å². The van der Waals surface area contributed by atoms with Gasteiger partial charge in [-0.05, 0) is 60.1 Å². The highest BCUT2D eigenvalue weighted by Crippen LogP contribution is 2.26. The molecule has 5 nitrogen and oxygen atoms in total. The molecule has 0 aromatic heterocycles. The molecule has 1 fully saturated rings. The standard InChI is InChI=1S/C14H22BrN3O2S/c1-3-18-8-4-5-11(18)10-17(2)21(19,20)12-6-7-14(16)13(15)9-12/h6-7,9,11H,3-5,8,10,16H2,1-2H3. The van der Waals surface area contributed by atoms with Crippen molar-refractivity contribution in [3.63, 3.8) is 0 Å². The third-order valence-corrected chi connectivity index (χ3v) is 6.56. The van der Waals surface area contributed by atoms with E-state index in [0.717, 1.165) is 25.9 Å². The van der Waals surface area contributed by atoms with Crippen LogP contribution in [0.5, 0.6) is 0 Å². The summed E-state index contributed by atoms with van der Waals surface area (Å²) in [5, 5.41) is 0. The Kier molecular flexibility index (Phi) is 5.29. The molecule has 0 spiro atoms. The van der Waals surface area contributed by atoms with Crippen LogP contribution in [-0.4, -0.2) is 50.3 Å². The number of hydrogen-bond acceptors (Lipinski definition) is 4. The van der Waals surface area contributed by atoms with Gasteiger partial charge in [-0.1, -0.05) is 6.92 Å². The van der Waals surface area contributed by atoms with Crippen LogP contribution in [0.25, 0.3) is 0 Å². The predicted octanol–water partition coefficient (Wildman–Crippen LogP) is 2.14. The van der Waals surface area contributed by atoms with E-state index in [1.807, 2.05) is 0 Å². The van der Waals surface area contributed by atoms with Crippen LogP contribution in [0.1, 0.15) is 19.8 Å². The average Bonchev–Trinajstić information content (AvgIpc) is 2.88. The van der Waals surface area contributed by atoms with E-state index in [4.69, 9.17) is 5.73 Å². The van der Waals surface area contributed by atoms with Crippen LogP contribution in [0, 0.1) is 0 Å². The van der Waals surface area contributed by atoms with E-state index >= 15 is 0 Å². The van der Waals surface area contributed by atoms with Crippen molar-refractivity contribution in [1.82, 2.24) is 9.21 Å². The van der Waals surface area contributed by atoms with E-state index in [2.05, 4.69) is 27.8 Å². The monoisotopic (exact) mass is 375 g/mol. The summed E-state index contributed by atoms with van der Waals surface area (Å²) in [5.41, 5.74) is 6.25. The molecule has 1 atom stereocenters. The largest absolute Gasteiger partial charge is 0.398 e. The van der Waals surface area contributed by atoms with Gasteiger partial charge in [0.25, 0.3) is 0 Å². The molecule has 21 heavy (non-hydrogen) atoms. The van der Waals surface area contributed by atoms with Crippen molar-refractivity contribution < 1.29 is 8.42 Å². The van der Waals surface area contributed by atoms with Gasteiger partial charge in [-0.15, -0.1) is 0 Å². The zero-order valence-electron chi connectivity index (χ0n) is 12.4. The second-order valence-corrected chi connectivity index (χ2v) is 8.29. The van der Waals surface area contributed by atoms with Crippen molar-refractivity contribution in [3.05, 3.63) is 22.7 Å². The maximum atomic E-state index is 12.6. The van der Waals surface area contributed by atoms with Crippen LogP contribution in [0.15, 0.2) is 27.6 Å². The molecule has 2 N–H and O–H groups in total. The summed E-state index contributed by atoms with van der Waals surface area (Å²) >= 11 is 3.28. The Morgan fingerprint density at radius 3 is 2.81 bits per heavy atom. The van der Waals surface area contributed by atoms with Crippen LogP contribution >= 0.6 is 15.9 Å². The maximum absolute atomic E-state index is 12.6. The lowest BCUT2D eigenvalue weighted by Crippen LogP contribution is -2.41. The van der Waals surface area contributed by atoms with E-state index < -0.39 is 10.0 Å². The SMILES string of the molecule is CCN1CCCC1CN(C)S(=O)(=O)c1ccc(N)c(Br)c1. The first kappa shape index (κ1) is 16.7. The molecule has 118 valence electrons. The molecule has 0 aliphatic carbocycles. The number of sulfonamides is 1. The summed E-state index contributed by atoms with van der Waals surface area (Å²) in [5.74, 6) is 0. The second kappa shape index (κ2) is 6.64. The molecule has 1 aromatic carbocycles. The van der Waals surface area contributed by atoms with Gasteiger partial charge >= 0.3 is 0 Å². The van der Waals surface area contributed by atoms with Crippen LogP contribution in [-0.2, 0) is 10.0 Å². The molecular formula is C14H22BrN3O2S. The van der Waals surface area contributed by atoms with Crippen molar-refractivity contribution in [2.45, 2.75) is 30.7 Å². The number of rotatable bonds is 5. The second-order valence-electron chi connectivity index (χ2n) is 5.39. The Morgan fingerprint density at radius 1 is 1.48 bits per heavy atom. The van der Waals surface area contributed by atoms with E-state index in [1.54, 1.807) is 25.2 Å². The van der Waals surface area contributed by atoms with Gasteiger partial charge in [0.1, 0.15) is 0 Å². The highest BCUT2D eigenvalue weighted by molar-refractivity contribution is 9.10. The van der Waals surface area contributed by atoms with Crippen molar-refractivity contribution in [3.8, 4) is 0 Å². The third-order valence-electron chi connectivity index (χ3n) is 4.05. The lowest BCUT2D eigenvalue weighted by atomic mass is 10.2. The summed E-state index contributed by atoms with van der Waals surface area (Å²) in [6, 6.07) is 5.04. The number of likely N-dealkylation sites (N-methyl/N-ethyl adjacent to an activating group) is 2. The molecule has 0 radical (unpaired) electrons. The number of halogens is 1. The maximum Gasteiger partial charge on any atom is 0.242 e. The van der Waals surface area contributed by atoms with Gasteiger partial charge in [0.2, 0.25) is 10.0 Å². The summed E-state index contributed by atoms with van der Waals surface area (Å²) in [4.78, 5) is 2.61. The van der Waals surface area contributed by atoms with E-state index in [0.29, 0.717) is 22.7 Å². The van der Waals surface area contributed by atoms with E-state index in [9.17, 15) is 8.42 Å². The number of nitrogens with two attached hydrogens (primary N) is 1. The zero-order chi connectivity index (χ0) is 15.6. The molecule has 7 heteroatoms. The minimum atomic E-state index is -3.48. The van der Waals surface area contributed by atoms with Crippen LogP contribution in [0.2, 0.25) is 0 Å². The Bertz CT molecular complexity index is 606. The Labute approximate surface area is 135 Å². The Balaban J connectivity index is 2.16. The summed E-state index contributed by atoms with van der Waals surface area (Å²) in [6.07, 6.45) is 2.19. The fraction of sp³-hybridized carbons (Fsp3) is 0.571. The Hall–Kier alpha value is -0.630. The zero-order valence-corrected chi connectivity index (χ0v) is 14.8. The molecule has 1 unspecified atom stereocenters. The van der Waals surface area contributed by atoms with Crippen molar-refractivity contribution >= 4 is 31.6 Å². The molecular weight excluding hydrogens is 354 g/mol. The first-order valence-electron chi connectivity index (χ1n) is 7.11. The number of anilines is 1. The number of nitrogen functional groups attached to an aromatic ring is 1. The number of likely N-dealkylation sites (tertiary alicyclic amines) is 1. The van der Waals surface area contributed by atoms with Crippen molar-refractivity contribution in [2.75, 3.05) is 32.4 Å². The van der Waals surface area contributed by atoms with Crippen molar-refractivity contribution in [1.29, 1.82) is 0 Å². The highest BCUT2D eigenvalue weighted by atomic mass is 79.9. The highest BCUT2D eigenvalue weighted by Gasteiger charge is 2.29. The quantitative estimate of drug-likeness (QED) is 0.800. The molecule has 1 saturated heterocycles. The first-order valence-corrected chi connectivity index (χ1v) is 9.35.